The molecule has 0 radical (unpaired) electrons. The van der Waals surface area contributed by atoms with Crippen molar-refractivity contribution in [1.82, 2.24) is 0 Å². The summed E-state index contributed by atoms with van der Waals surface area (Å²) in [7, 11) is 0. The smallest absolute Gasteiger partial charge is 0.305 e. The van der Waals surface area contributed by atoms with Gasteiger partial charge in [-0.3, -0.25) is 4.79 Å². The first-order chi connectivity index (χ1) is 6.99. The van der Waals surface area contributed by atoms with E-state index in [4.69, 9.17) is 5.11 Å². The maximum absolute atomic E-state index is 10.5. The van der Waals surface area contributed by atoms with Crippen molar-refractivity contribution >= 4 is 11.7 Å². The van der Waals surface area contributed by atoms with Crippen LogP contribution in [0.5, 0.6) is 0 Å². The largest absolute Gasteiger partial charge is 0.481 e. The van der Waals surface area contributed by atoms with Crippen LogP contribution in [0.1, 0.15) is 24.5 Å². The molecule has 1 atom stereocenters. The third-order valence-electron chi connectivity index (χ3n) is 2.40. The van der Waals surface area contributed by atoms with Gasteiger partial charge in [0.05, 0.1) is 6.42 Å². The molecule has 1 aromatic carbocycles. The molecule has 3 heteroatoms. The number of hydrogen-bond donors (Lipinski definition) is 2. The van der Waals surface area contributed by atoms with Gasteiger partial charge in [-0.2, -0.15) is 0 Å². The zero-order valence-electron chi connectivity index (χ0n) is 9.37. The number of aryl methyl sites for hydroxylation is 2. The Balaban J connectivity index is 2.64. The van der Waals surface area contributed by atoms with E-state index in [2.05, 4.69) is 12.2 Å². The quantitative estimate of drug-likeness (QED) is 0.797. The predicted molar refractivity (Wildman–Crippen MR) is 61.3 cm³/mol. The van der Waals surface area contributed by atoms with E-state index in [1.54, 1.807) is 0 Å². The monoisotopic (exact) mass is 207 g/mol. The molecule has 0 bridgehead atoms. The molecule has 0 saturated heterocycles. The molecule has 0 saturated carbocycles. The zero-order chi connectivity index (χ0) is 11.4. The second-order valence-electron chi connectivity index (χ2n) is 3.94. The van der Waals surface area contributed by atoms with E-state index < -0.39 is 5.97 Å². The number of carboxylic acid groups (broad SMARTS) is 1. The van der Waals surface area contributed by atoms with Crippen LogP contribution in [0.4, 0.5) is 5.69 Å². The van der Waals surface area contributed by atoms with Gasteiger partial charge in [-0.1, -0.05) is 6.07 Å². The summed E-state index contributed by atoms with van der Waals surface area (Å²) in [5, 5.41) is 11.8. The van der Waals surface area contributed by atoms with Gasteiger partial charge < -0.3 is 10.4 Å². The molecule has 0 amide bonds. The van der Waals surface area contributed by atoms with E-state index in [-0.39, 0.29) is 12.5 Å². The van der Waals surface area contributed by atoms with Crippen molar-refractivity contribution in [2.75, 3.05) is 5.32 Å². The first-order valence-electron chi connectivity index (χ1n) is 5.04. The molecule has 1 unspecified atom stereocenters. The van der Waals surface area contributed by atoms with Gasteiger partial charge in [-0.25, -0.2) is 0 Å². The Morgan fingerprint density at radius 2 is 2.07 bits per heavy atom. The van der Waals surface area contributed by atoms with E-state index in [0.29, 0.717) is 0 Å². The van der Waals surface area contributed by atoms with Crippen molar-refractivity contribution in [3.63, 3.8) is 0 Å². The molecular weight excluding hydrogens is 190 g/mol. The van der Waals surface area contributed by atoms with Crippen molar-refractivity contribution in [2.24, 2.45) is 0 Å². The molecule has 0 aliphatic heterocycles. The summed E-state index contributed by atoms with van der Waals surface area (Å²) >= 11 is 0. The van der Waals surface area contributed by atoms with Gasteiger partial charge in [0.2, 0.25) is 0 Å². The maximum Gasteiger partial charge on any atom is 0.305 e. The van der Waals surface area contributed by atoms with Crippen LogP contribution in [-0.2, 0) is 4.79 Å². The summed E-state index contributed by atoms with van der Waals surface area (Å²) in [5.74, 6) is -0.779. The van der Waals surface area contributed by atoms with Crippen molar-refractivity contribution in [1.29, 1.82) is 0 Å². The second-order valence-corrected chi connectivity index (χ2v) is 3.94. The van der Waals surface area contributed by atoms with Gasteiger partial charge in [-0.05, 0) is 44.0 Å². The lowest BCUT2D eigenvalue weighted by atomic mass is 10.1. The second kappa shape index (κ2) is 4.82. The SMILES string of the molecule is Cc1ccc(NC(C)CC(=O)O)cc1C. The first kappa shape index (κ1) is 11.6. The fourth-order valence-corrected chi connectivity index (χ4v) is 1.43. The van der Waals surface area contributed by atoms with E-state index in [0.717, 1.165) is 5.69 Å². The Hall–Kier alpha value is -1.51. The number of carboxylic acids is 1. The standard InChI is InChI=1S/C12H17NO2/c1-8-4-5-11(6-9(8)2)13-10(3)7-12(14)15/h4-6,10,13H,7H2,1-3H3,(H,14,15). The molecule has 15 heavy (non-hydrogen) atoms. The molecule has 1 aromatic rings. The molecule has 0 heterocycles. The topological polar surface area (TPSA) is 49.3 Å². The van der Waals surface area contributed by atoms with Crippen LogP contribution >= 0.6 is 0 Å². The zero-order valence-corrected chi connectivity index (χ0v) is 9.37. The summed E-state index contributed by atoms with van der Waals surface area (Å²) in [4.78, 5) is 10.5. The van der Waals surface area contributed by atoms with Gasteiger partial charge in [0.25, 0.3) is 0 Å². The van der Waals surface area contributed by atoms with E-state index in [1.807, 2.05) is 32.0 Å². The number of rotatable bonds is 4. The van der Waals surface area contributed by atoms with Crippen molar-refractivity contribution in [2.45, 2.75) is 33.2 Å². The first-order valence-corrected chi connectivity index (χ1v) is 5.04. The molecule has 1 rings (SSSR count). The highest BCUT2D eigenvalue weighted by Crippen LogP contribution is 2.15. The molecule has 2 N–H and O–H groups in total. The number of anilines is 1. The molecule has 3 nitrogen and oxygen atoms in total. The van der Waals surface area contributed by atoms with Crippen LogP contribution in [-0.4, -0.2) is 17.1 Å². The minimum atomic E-state index is -0.779. The summed E-state index contributed by atoms with van der Waals surface area (Å²) in [6, 6.07) is 5.99. The molecule has 0 aromatic heterocycles. The average Bonchev–Trinajstić information content (AvgIpc) is 2.10. The van der Waals surface area contributed by atoms with Gasteiger partial charge in [-0.15, -0.1) is 0 Å². The lowest BCUT2D eigenvalue weighted by Crippen LogP contribution is -2.19. The van der Waals surface area contributed by atoms with E-state index in [9.17, 15) is 4.79 Å². The van der Waals surface area contributed by atoms with Crippen LogP contribution in [0.2, 0.25) is 0 Å². The molecule has 0 aliphatic rings. The summed E-state index contributed by atoms with van der Waals surface area (Å²) in [6.07, 6.45) is 0.132. The highest BCUT2D eigenvalue weighted by molar-refractivity contribution is 5.68. The molecular formula is C12H17NO2. The van der Waals surface area contributed by atoms with Crippen molar-refractivity contribution in [3.05, 3.63) is 29.3 Å². The Morgan fingerprint density at radius 3 is 2.60 bits per heavy atom. The van der Waals surface area contributed by atoms with Gasteiger partial charge in [0.15, 0.2) is 0 Å². The molecule has 0 spiro atoms. The fourth-order valence-electron chi connectivity index (χ4n) is 1.43. The Morgan fingerprint density at radius 1 is 1.40 bits per heavy atom. The Kier molecular flexibility index (Phi) is 3.72. The molecule has 0 fully saturated rings. The molecule has 0 aliphatic carbocycles. The number of benzene rings is 1. The van der Waals surface area contributed by atoms with E-state index >= 15 is 0 Å². The number of carbonyl (C=O) groups is 1. The highest BCUT2D eigenvalue weighted by Gasteiger charge is 2.07. The Bertz CT molecular complexity index is 361. The Labute approximate surface area is 90.1 Å². The lowest BCUT2D eigenvalue weighted by Gasteiger charge is -2.14. The predicted octanol–water partition coefficient (Wildman–Crippen LogP) is 2.58. The fraction of sp³-hybridized carbons (Fsp3) is 0.417. The van der Waals surface area contributed by atoms with Gasteiger partial charge in [0, 0.05) is 11.7 Å². The number of aliphatic carboxylic acids is 1. The van der Waals surface area contributed by atoms with Crippen molar-refractivity contribution < 1.29 is 9.90 Å². The van der Waals surface area contributed by atoms with Crippen LogP contribution in [0, 0.1) is 13.8 Å². The summed E-state index contributed by atoms with van der Waals surface area (Å²) in [6.45, 7) is 5.96. The third kappa shape index (κ3) is 3.62. The van der Waals surface area contributed by atoms with Gasteiger partial charge >= 0.3 is 5.97 Å². The van der Waals surface area contributed by atoms with Crippen LogP contribution in [0.25, 0.3) is 0 Å². The van der Waals surface area contributed by atoms with E-state index in [1.165, 1.54) is 11.1 Å². The highest BCUT2D eigenvalue weighted by atomic mass is 16.4. The van der Waals surface area contributed by atoms with Gasteiger partial charge in [0.1, 0.15) is 0 Å². The number of nitrogens with one attached hydrogen (secondary N) is 1. The number of hydrogen-bond acceptors (Lipinski definition) is 2. The van der Waals surface area contributed by atoms with Crippen molar-refractivity contribution in [3.8, 4) is 0 Å². The van der Waals surface area contributed by atoms with Crippen LogP contribution in [0.15, 0.2) is 18.2 Å². The lowest BCUT2D eigenvalue weighted by molar-refractivity contribution is -0.137. The maximum atomic E-state index is 10.5. The summed E-state index contributed by atoms with van der Waals surface area (Å²) in [5.41, 5.74) is 3.43. The summed E-state index contributed by atoms with van der Waals surface area (Å²) < 4.78 is 0. The van der Waals surface area contributed by atoms with Crippen LogP contribution in [0.3, 0.4) is 0 Å². The molecule has 82 valence electrons. The minimum Gasteiger partial charge on any atom is -0.481 e. The van der Waals surface area contributed by atoms with Crippen LogP contribution < -0.4 is 5.32 Å². The average molecular weight is 207 g/mol. The third-order valence-corrected chi connectivity index (χ3v) is 2.40. The minimum absolute atomic E-state index is 0.0513. The normalized spacial score (nSPS) is 12.2.